The average molecular weight is 682 g/mol. The summed E-state index contributed by atoms with van der Waals surface area (Å²) < 4.78 is 10.6. The van der Waals surface area contributed by atoms with Crippen molar-refractivity contribution in [2.24, 2.45) is 23.7 Å². The van der Waals surface area contributed by atoms with Gasteiger partial charge in [-0.05, 0) is 34.9 Å². The Bertz CT molecular complexity index is 1550. The van der Waals surface area contributed by atoms with Gasteiger partial charge in [-0.2, -0.15) is 0 Å². The quantitative estimate of drug-likeness (QED) is 0.122. The Balaban J connectivity index is 0.971. The minimum absolute atomic E-state index is 0.0298. The van der Waals surface area contributed by atoms with Crippen LogP contribution in [0, 0.1) is 23.7 Å². The van der Waals surface area contributed by atoms with Gasteiger partial charge in [0.15, 0.2) is 0 Å². The van der Waals surface area contributed by atoms with E-state index >= 15 is 0 Å². The van der Waals surface area contributed by atoms with Crippen molar-refractivity contribution in [2.45, 2.75) is 38.6 Å². The number of fused-ring (bicyclic) bond motifs is 1. The van der Waals surface area contributed by atoms with Crippen molar-refractivity contribution in [3.63, 3.8) is 0 Å². The van der Waals surface area contributed by atoms with Crippen molar-refractivity contribution in [2.75, 3.05) is 39.4 Å². The molecule has 3 aromatic rings. The average Bonchev–Trinajstić information content (AvgIpc) is 3.58. The Morgan fingerprint density at radius 3 is 1.56 bits per heavy atom. The van der Waals surface area contributed by atoms with E-state index in [0.29, 0.717) is 31.2 Å². The zero-order valence-corrected chi connectivity index (χ0v) is 28.4. The van der Waals surface area contributed by atoms with Gasteiger partial charge in [0, 0.05) is 26.2 Å². The molecule has 0 spiro atoms. The molecule has 3 amide bonds. The number of carbonyl (C=O) groups is 5. The number of esters is 1. The third kappa shape index (κ3) is 6.87. The molecule has 3 aromatic carbocycles. The van der Waals surface area contributed by atoms with E-state index in [4.69, 9.17) is 14.3 Å². The Morgan fingerprint density at radius 2 is 1.08 bits per heavy atom. The predicted molar refractivity (Wildman–Crippen MR) is 182 cm³/mol. The van der Waals surface area contributed by atoms with Gasteiger partial charge in [-0.1, -0.05) is 105 Å². The number of amides is 3. The lowest BCUT2D eigenvalue weighted by molar-refractivity contribution is -0.199. The number of carbonyl (C=O) groups excluding carboxylic acids is 5. The molecule has 11 nitrogen and oxygen atoms in total. The van der Waals surface area contributed by atoms with Crippen LogP contribution >= 0.6 is 0 Å². The second-order valence-electron chi connectivity index (χ2n) is 13.3. The van der Waals surface area contributed by atoms with E-state index in [9.17, 15) is 24.0 Å². The Morgan fingerprint density at radius 1 is 0.640 bits per heavy atom. The van der Waals surface area contributed by atoms with Gasteiger partial charge in [-0.25, -0.2) is 9.59 Å². The van der Waals surface area contributed by atoms with Crippen LogP contribution in [0.4, 0.5) is 4.79 Å². The summed E-state index contributed by atoms with van der Waals surface area (Å²) in [6.07, 6.45) is -0.402. The van der Waals surface area contributed by atoms with Crippen molar-refractivity contribution in [3.05, 3.63) is 108 Å². The summed E-state index contributed by atoms with van der Waals surface area (Å²) in [6, 6.07) is 31.2. The zero-order valence-electron chi connectivity index (χ0n) is 28.4. The Labute approximate surface area is 292 Å². The number of rotatable bonds is 11. The van der Waals surface area contributed by atoms with Gasteiger partial charge in [-0.15, -0.1) is 5.06 Å². The van der Waals surface area contributed by atoms with Crippen molar-refractivity contribution in [1.29, 1.82) is 0 Å². The van der Waals surface area contributed by atoms with Crippen LogP contribution in [0.5, 0.6) is 0 Å². The number of hydroxylamine groups is 2. The Kier molecular flexibility index (Phi) is 10.6. The van der Waals surface area contributed by atoms with Gasteiger partial charge in [-0.3, -0.25) is 19.3 Å². The van der Waals surface area contributed by atoms with E-state index in [2.05, 4.69) is 41.3 Å². The van der Waals surface area contributed by atoms with Crippen LogP contribution in [0.25, 0.3) is 0 Å². The van der Waals surface area contributed by atoms with Gasteiger partial charge in [0.05, 0.1) is 30.2 Å². The Hall–Kier alpha value is -5.03. The first-order valence-electron chi connectivity index (χ1n) is 17.3. The number of piperazine rings is 1. The van der Waals surface area contributed by atoms with Gasteiger partial charge in [0.1, 0.15) is 13.2 Å². The summed E-state index contributed by atoms with van der Waals surface area (Å²) in [5.41, 5.74) is 2.82. The van der Waals surface area contributed by atoms with Crippen LogP contribution in [-0.2, 0) is 39.0 Å². The summed E-state index contributed by atoms with van der Waals surface area (Å²) in [6.45, 7) is 5.57. The number of imide groups is 1. The molecule has 3 fully saturated rings. The SMILES string of the molecule is CC1CC(C)C2C(=O)N(OC(=O)CCC(=O)OCCOC(=O)N3CCN(C(c4ccccc4)(c4ccccc4)c4ccccc4)CC3)C(=O)C12. The van der Waals surface area contributed by atoms with E-state index in [-0.39, 0.29) is 37.9 Å². The van der Waals surface area contributed by atoms with E-state index < -0.39 is 47.2 Å². The van der Waals surface area contributed by atoms with Gasteiger partial charge >= 0.3 is 18.0 Å². The first kappa shape index (κ1) is 34.8. The molecule has 2 aliphatic heterocycles. The van der Waals surface area contributed by atoms with Crippen LogP contribution in [0.3, 0.4) is 0 Å². The molecule has 2 saturated heterocycles. The van der Waals surface area contributed by atoms with Crippen LogP contribution in [0.15, 0.2) is 91.0 Å². The fourth-order valence-corrected chi connectivity index (χ4v) is 7.96. The molecule has 3 aliphatic rings. The number of nitrogens with zero attached hydrogens (tertiary/aromatic N) is 3. The minimum atomic E-state index is -0.870. The smallest absolute Gasteiger partial charge is 0.409 e. The molecule has 0 N–H and O–H groups in total. The van der Waals surface area contributed by atoms with Crippen molar-refractivity contribution in [1.82, 2.24) is 14.9 Å². The molecular weight excluding hydrogens is 638 g/mol. The van der Waals surface area contributed by atoms with Crippen LogP contribution < -0.4 is 0 Å². The third-order valence-corrected chi connectivity index (χ3v) is 10.2. The lowest BCUT2D eigenvalue weighted by Crippen LogP contribution is -2.57. The summed E-state index contributed by atoms with van der Waals surface area (Å²) >= 11 is 0. The fraction of sp³-hybridized carbons (Fsp3) is 0.410. The number of ether oxygens (including phenoxy) is 2. The first-order chi connectivity index (χ1) is 24.2. The van der Waals surface area contributed by atoms with Crippen LogP contribution in [0.2, 0.25) is 0 Å². The summed E-state index contributed by atoms with van der Waals surface area (Å²) in [5, 5.41) is 0.569. The first-order valence-corrected chi connectivity index (χ1v) is 17.3. The second kappa shape index (κ2) is 15.2. The highest BCUT2D eigenvalue weighted by Gasteiger charge is 2.57. The molecule has 1 saturated carbocycles. The molecule has 0 bridgehead atoms. The third-order valence-electron chi connectivity index (χ3n) is 10.2. The lowest BCUT2D eigenvalue weighted by atomic mass is 9.75. The minimum Gasteiger partial charge on any atom is -0.462 e. The standard InChI is InChI=1S/C39H43N3O8/c1-27-26-28(2)35-34(27)36(45)42(37(35)46)50-33(44)19-18-32(43)48-24-25-49-38(47)40-20-22-41(23-21-40)39(29-12-6-3-7-13-29,30-14-8-4-9-15-30)31-16-10-5-11-17-31/h3-17,27-28,34-35H,18-26H2,1-2H3. The van der Waals surface area contributed by atoms with Gasteiger partial charge in [0.25, 0.3) is 11.8 Å². The van der Waals surface area contributed by atoms with Crippen molar-refractivity contribution in [3.8, 4) is 0 Å². The van der Waals surface area contributed by atoms with Gasteiger partial charge < -0.3 is 19.2 Å². The molecule has 11 heteroatoms. The normalized spacial score (nSPS) is 22.3. The largest absolute Gasteiger partial charge is 0.462 e. The van der Waals surface area contributed by atoms with Crippen molar-refractivity contribution < 1.29 is 38.3 Å². The summed E-state index contributed by atoms with van der Waals surface area (Å²) in [7, 11) is 0. The number of hydrogen-bond acceptors (Lipinski definition) is 9. The molecule has 0 aromatic heterocycles. The number of hydrogen-bond donors (Lipinski definition) is 0. The highest BCUT2D eigenvalue weighted by atomic mass is 16.7. The molecule has 6 rings (SSSR count). The summed E-state index contributed by atoms with van der Waals surface area (Å²) in [5.74, 6) is -3.46. The molecule has 2 heterocycles. The van der Waals surface area contributed by atoms with Crippen LogP contribution in [0.1, 0.15) is 49.8 Å². The van der Waals surface area contributed by atoms with E-state index in [1.54, 1.807) is 4.90 Å². The maximum atomic E-state index is 13.0. The molecular formula is C39H43N3O8. The predicted octanol–water partition coefficient (Wildman–Crippen LogP) is 4.79. The summed E-state index contributed by atoms with van der Waals surface area (Å²) in [4.78, 5) is 72.1. The fourth-order valence-electron chi connectivity index (χ4n) is 7.96. The molecule has 1 aliphatic carbocycles. The molecule has 0 radical (unpaired) electrons. The molecule has 4 unspecified atom stereocenters. The highest BCUT2D eigenvalue weighted by Crippen LogP contribution is 2.47. The molecule has 4 atom stereocenters. The zero-order chi connectivity index (χ0) is 35.3. The molecule has 50 heavy (non-hydrogen) atoms. The van der Waals surface area contributed by atoms with E-state index in [1.165, 1.54) is 0 Å². The number of benzene rings is 3. The van der Waals surface area contributed by atoms with Gasteiger partial charge in [0.2, 0.25) is 0 Å². The van der Waals surface area contributed by atoms with E-state index in [1.807, 2.05) is 68.4 Å². The van der Waals surface area contributed by atoms with Crippen LogP contribution in [-0.4, -0.2) is 84.1 Å². The van der Waals surface area contributed by atoms with Crippen molar-refractivity contribution >= 4 is 29.8 Å². The second-order valence-corrected chi connectivity index (χ2v) is 13.3. The highest BCUT2D eigenvalue weighted by molar-refractivity contribution is 6.05. The maximum absolute atomic E-state index is 13.0. The maximum Gasteiger partial charge on any atom is 0.409 e. The monoisotopic (exact) mass is 681 g/mol. The lowest BCUT2D eigenvalue weighted by Gasteiger charge is -2.48. The topological polar surface area (TPSA) is 123 Å². The molecule has 262 valence electrons. The van der Waals surface area contributed by atoms with E-state index in [0.717, 1.165) is 23.1 Å².